The van der Waals surface area contributed by atoms with Gasteiger partial charge in [0.1, 0.15) is 19.3 Å². The third-order valence-corrected chi connectivity index (χ3v) is 9.26. The lowest BCUT2D eigenvalue weighted by molar-refractivity contribution is -0.152. The predicted molar refractivity (Wildman–Crippen MR) is 213 cm³/mol. The Kier molecular flexibility index (Phi) is 36.3. The first kappa shape index (κ1) is 49.0. The van der Waals surface area contributed by atoms with Crippen LogP contribution in [0.15, 0.2) is 36.5 Å². The van der Waals surface area contributed by atoms with Crippen LogP contribution in [0.5, 0.6) is 0 Å². The molecule has 0 aliphatic heterocycles. The fourth-order valence-corrected chi connectivity index (χ4v) is 5.90. The summed E-state index contributed by atoms with van der Waals surface area (Å²) in [5.74, 6) is 0.00899. The molecule has 3 N–H and O–H groups in total. The zero-order chi connectivity index (χ0) is 37.6. The summed E-state index contributed by atoms with van der Waals surface area (Å²) in [5.41, 5.74) is 0. The molecule has 2 unspecified atom stereocenters. The Hall–Kier alpha value is -1.96. The van der Waals surface area contributed by atoms with Crippen LogP contribution < -0.4 is 0 Å². The summed E-state index contributed by atoms with van der Waals surface area (Å²) in [6.07, 6.45) is 38.1. The molecule has 0 amide bonds. The molecule has 0 bridgehead atoms. The van der Waals surface area contributed by atoms with Crippen LogP contribution in [-0.4, -0.2) is 58.8 Å². The first-order chi connectivity index (χ1) is 24.8. The molecule has 298 valence electrons. The van der Waals surface area contributed by atoms with Crippen LogP contribution in [0.3, 0.4) is 0 Å². The van der Waals surface area contributed by atoms with Gasteiger partial charge in [-0.3, -0.25) is 9.59 Å². The van der Waals surface area contributed by atoms with E-state index in [1.54, 1.807) is 0 Å². The number of hydrogen-bond donors (Lipinski definition) is 3. The lowest BCUT2D eigenvalue weighted by Gasteiger charge is -2.16. The number of aliphatic hydroxyl groups is 3. The van der Waals surface area contributed by atoms with Crippen molar-refractivity contribution in [2.24, 2.45) is 5.92 Å². The highest BCUT2D eigenvalue weighted by molar-refractivity contribution is 5.69. The van der Waals surface area contributed by atoms with Gasteiger partial charge in [-0.05, 0) is 57.3 Å². The molecule has 0 radical (unpaired) electrons. The average Bonchev–Trinajstić information content (AvgIpc) is 3.11. The zero-order valence-electron chi connectivity index (χ0n) is 33.3. The van der Waals surface area contributed by atoms with E-state index in [-0.39, 0.29) is 32.0 Å². The molecule has 7 heteroatoms. The molecule has 0 aromatic carbocycles. The molecular weight excluding hydrogens is 640 g/mol. The summed E-state index contributed by atoms with van der Waals surface area (Å²) < 4.78 is 10.2. The van der Waals surface area contributed by atoms with E-state index < -0.39 is 24.3 Å². The second-order valence-corrected chi connectivity index (χ2v) is 14.9. The Morgan fingerprint density at radius 1 is 0.510 bits per heavy atom. The largest absolute Gasteiger partial charge is 0.463 e. The van der Waals surface area contributed by atoms with E-state index in [0.717, 1.165) is 44.4 Å². The van der Waals surface area contributed by atoms with Crippen molar-refractivity contribution in [2.75, 3.05) is 13.2 Å². The van der Waals surface area contributed by atoms with Crippen LogP contribution in [0.1, 0.15) is 194 Å². The van der Waals surface area contributed by atoms with E-state index >= 15 is 0 Å². The fourth-order valence-electron chi connectivity index (χ4n) is 5.90. The Bertz CT molecular complexity index is 866. The number of esters is 2. The average molecular weight is 721 g/mol. The molecule has 0 spiro atoms. The minimum atomic E-state index is -1.07. The number of unbranched alkanes of at least 4 members (excludes halogenated alkanes) is 17. The molecule has 0 aliphatic carbocycles. The molecule has 0 rings (SSSR count). The van der Waals surface area contributed by atoms with Crippen molar-refractivity contribution in [1.82, 2.24) is 0 Å². The maximum Gasteiger partial charge on any atom is 0.305 e. The Labute approximate surface area is 313 Å². The normalized spacial score (nSPS) is 13.9. The van der Waals surface area contributed by atoms with Crippen molar-refractivity contribution in [1.29, 1.82) is 0 Å². The van der Waals surface area contributed by atoms with Gasteiger partial charge in [-0.1, -0.05) is 166 Å². The molecule has 0 heterocycles. The van der Waals surface area contributed by atoms with Crippen molar-refractivity contribution in [3.05, 3.63) is 36.5 Å². The van der Waals surface area contributed by atoms with Gasteiger partial charge in [-0.2, -0.15) is 0 Å². The lowest BCUT2D eigenvalue weighted by Crippen LogP contribution is -2.26. The number of aliphatic hydroxyl groups excluding tert-OH is 3. The van der Waals surface area contributed by atoms with Gasteiger partial charge in [0, 0.05) is 12.8 Å². The summed E-state index contributed by atoms with van der Waals surface area (Å²) in [7, 11) is 0. The summed E-state index contributed by atoms with van der Waals surface area (Å²) >= 11 is 0. The van der Waals surface area contributed by atoms with Crippen LogP contribution >= 0.6 is 0 Å². The first-order valence-electron chi connectivity index (χ1n) is 21.1. The number of allylic oxidation sites excluding steroid dienone is 5. The van der Waals surface area contributed by atoms with Gasteiger partial charge < -0.3 is 24.8 Å². The molecule has 3 atom stereocenters. The third kappa shape index (κ3) is 37.6. The third-order valence-electron chi connectivity index (χ3n) is 9.26. The van der Waals surface area contributed by atoms with Crippen molar-refractivity contribution < 1.29 is 34.4 Å². The fraction of sp³-hybridized carbons (Fsp3) is 0.818. The van der Waals surface area contributed by atoms with Gasteiger partial charge in [-0.15, -0.1) is 0 Å². The van der Waals surface area contributed by atoms with Gasteiger partial charge in [-0.25, -0.2) is 0 Å². The standard InChI is InChI=1S/C44H80O7/c1-4-5-6-7-8-9-10-17-20-23-26-29-33-41(46)42(47)34-31-36-44(49)51-38-40(45)37-50-43(48)35-30-27-24-21-18-15-13-11-12-14-16-19-22-25-28-32-39(2)3/h8-9,17,20,26,29,39-42,45-47H,4-7,10-16,18-19,21-25,27-28,30-38H2,1-3H3/b9-8-,20-17-,29-26-/t40-,41?,42?/m1/s1. The van der Waals surface area contributed by atoms with Crippen LogP contribution in [-0.2, 0) is 19.1 Å². The molecule has 0 aromatic rings. The van der Waals surface area contributed by atoms with Gasteiger partial charge in [0.05, 0.1) is 12.2 Å². The molecular formula is C44H80O7. The molecule has 7 nitrogen and oxygen atoms in total. The van der Waals surface area contributed by atoms with Gasteiger partial charge in [0.2, 0.25) is 0 Å². The number of hydrogen-bond acceptors (Lipinski definition) is 7. The van der Waals surface area contributed by atoms with E-state index in [1.165, 1.54) is 103 Å². The van der Waals surface area contributed by atoms with Crippen molar-refractivity contribution >= 4 is 11.9 Å². The topological polar surface area (TPSA) is 113 Å². The molecule has 0 aliphatic rings. The SMILES string of the molecule is CCCCC/C=C\C/C=C\C/C=C\CC(O)C(O)CCCC(=O)OC[C@H](O)COC(=O)CCCCCCCCCCCCCCCCCC(C)C. The van der Waals surface area contributed by atoms with Crippen LogP contribution in [0.4, 0.5) is 0 Å². The summed E-state index contributed by atoms with van der Waals surface area (Å²) in [6, 6.07) is 0. The molecule has 0 saturated carbocycles. The van der Waals surface area contributed by atoms with Gasteiger partial charge in [0.15, 0.2) is 0 Å². The first-order valence-corrected chi connectivity index (χ1v) is 21.1. The smallest absolute Gasteiger partial charge is 0.305 e. The highest BCUT2D eigenvalue weighted by Crippen LogP contribution is 2.15. The Balaban J connectivity index is 3.63. The van der Waals surface area contributed by atoms with Crippen LogP contribution in [0.2, 0.25) is 0 Å². The van der Waals surface area contributed by atoms with Crippen LogP contribution in [0, 0.1) is 5.92 Å². The lowest BCUT2D eigenvalue weighted by atomic mass is 10.0. The Morgan fingerprint density at radius 3 is 1.47 bits per heavy atom. The van der Waals surface area contributed by atoms with Crippen molar-refractivity contribution in [3.8, 4) is 0 Å². The number of rotatable bonds is 37. The van der Waals surface area contributed by atoms with E-state index in [0.29, 0.717) is 19.3 Å². The number of ether oxygens (including phenoxy) is 2. The summed E-state index contributed by atoms with van der Waals surface area (Å²) in [6.45, 7) is 6.38. The van der Waals surface area contributed by atoms with Gasteiger partial charge >= 0.3 is 11.9 Å². The monoisotopic (exact) mass is 721 g/mol. The van der Waals surface area contributed by atoms with E-state index in [9.17, 15) is 24.9 Å². The Morgan fingerprint density at radius 2 is 0.961 bits per heavy atom. The predicted octanol–water partition coefficient (Wildman–Crippen LogP) is 11.0. The number of carbonyl (C=O) groups is 2. The minimum absolute atomic E-state index is 0.0723. The van der Waals surface area contributed by atoms with Crippen molar-refractivity contribution in [3.63, 3.8) is 0 Å². The molecule has 0 saturated heterocycles. The van der Waals surface area contributed by atoms with Crippen molar-refractivity contribution in [2.45, 2.75) is 212 Å². The summed E-state index contributed by atoms with van der Waals surface area (Å²) in [4.78, 5) is 24.0. The maximum absolute atomic E-state index is 12.0. The van der Waals surface area contributed by atoms with Crippen LogP contribution in [0.25, 0.3) is 0 Å². The van der Waals surface area contributed by atoms with E-state index in [2.05, 4.69) is 45.1 Å². The second kappa shape index (κ2) is 37.8. The maximum atomic E-state index is 12.0. The summed E-state index contributed by atoms with van der Waals surface area (Å²) in [5, 5.41) is 30.4. The minimum Gasteiger partial charge on any atom is -0.463 e. The molecule has 51 heavy (non-hydrogen) atoms. The van der Waals surface area contributed by atoms with E-state index in [4.69, 9.17) is 9.47 Å². The number of carbonyl (C=O) groups excluding carboxylic acids is 2. The molecule has 0 fully saturated rings. The molecule has 0 aromatic heterocycles. The second-order valence-electron chi connectivity index (χ2n) is 14.9. The van der Waals surface area contributed by atoms with Gasteiger partial charge in [0.25, 0.3) is 0 Å². The highest BCUT2D eigenvalue weighted by Gasteiger charge is 2.16. The van der Waals surface area contributed by atoms with E-state index in [1.807, 2.05) is 12.2 Å². The zero-order valence-corrected chi connectivity index (χ0v) is 33.3. The highest BCUT2D eigenvalue weighted by atomic mass is 16.6. The quantitative estimate of drug-likeness (QED) is 0.0332.